The summed E-state index contributed by atoms with van der Waals surface area (Å²) in [6.45, 7) is -0.424. The Hall–Kier alpha value is -5.29. The van der Waals surface area contributed by atoms with Gasteiger partial charge in [-0.05, 0) is 43.5 Å². The van der Waals surface area contributed by atoms with Crippen molar-refractivity contribution in [1.82, 2.24) is 19.9 Å². The average Bonchev–Trinajstić information content (AvgIpc) is 3.75. The number of nitrogens with two attached hydrogens (primary N) is 2. The third-order valence-electron chi connectivity index (χ3n) is 10.9. The Balaban J connectivity index is 1.42. The van der Waals surface area contributed by atoms with E-state index < -0.39 is 106 Å². The highest BCUT2D eigenvalue weighted by atomic mass is 32.1. The van der Waals surface area contributed by atoms with Crippen molar-refractivity contribution in [3.05, 3.63) is 58.8 Å². The third-order valence-corrected chi connectivity index (χ3v) is 11.9. The number of nitrogen functional groups attached to an aromatic ring is 2. The van der Waals surface area contributed by atoms with Crippen LogP contribution in [0.15, 0.2) is 30.5 Å². The Morgan fingerprint density at radius 2 is 1.88 bits per heavy atom. The molecule has 3 aromatic heterocycles. The summed E-state index contributed by atoms with van der Waals surface area (Å²) in [7, 11) is 0. The average molecular weight is 823 g/mol. The van der Waals surface area contributed by atoms with Gasteiger partial charge in [0, 0.05) is 42.1 Å². The first-order valence-corrected chi connectivity index (χ1v) is 18.6. The molecule has 3 aliphatic heterocycles. The number of anilines is 3. The van der Waals surface area contributed by atoms with Gasteiger partial charge in [0.25, 0.3) is 0 Å². The summed E-state index contributed by atoms with van der Waals surface area (Å²) in [6.07, 6.45) is -10.6. The van der Waals surface area contributed by atoms with E-state index >= 15 is 22.0 Å². The number of hydrogen-bond donors (Lipinski definition) is 2. The van der Waals surface area contributed by atoms with Crippen LogP contribution in [0.5, 0.6) is 11.8 Å². The van der Waals surface area contributed by atoms with Crippen molar-refractivity contribution < 1.29 is 49.0 Å². The lowest BCUT2D eigenvalue weighted by Gasteiger charge is -2.34. The minimum absolute atomic E-state index is 0.0841. The van der Waals surface area contributed by atoms with Crippen LogP contribution in [0.4, 0.5) is 56.2 Å². The highest BCUT2D eigenvalue weighted by molar-refractivity contribution is 7.23. The van der Waals surface area contributed by atoms with E-state index in [2.05, 4.69) is 15.0 Å². The Bertz CT molecular complexity index is 2450. The molecule has 0 amide bonds. The first kappa shape index (κ1) is 38.6. The number of aromatic nitrogens is 3. The fourth-order valence-electron chi connectivity index (χ4n) is 8.51. The third kappa shape index (κ3) is 6.63. The van der Waals surface area contributed by atoms with Gasteiger partial charge in [-0.15, -0.1) is 11.3 Å². The second-order valence-electron chi connectivity index (χ2n) is 14.2. The van der Waals surface area contributed by atoms with Gasteiger partial charge in [-0.25, -0.2) is 18.2 Å². The molecule has 2 fully saturated rings. The number of rotatable bonds is 8. The number of pyridine rings is 1. The topological polar surface area (TPSA) is 139 Å². The van der Waals surface area contributed by atoms with Crippen LogP contribution in [0.1, 0.15) is 54.8 Å². The lowest BCUT2D eigenvalue weighted by atomic mass is 9.91. The number of benzene rings is 2. The van der Waals surface area contributed by atoms with Gasteiger partial charge in [-0.3, -0.25) is 4.90 Å². The number of halogens is 9. The van der Waals surface area contributed by atoms with Crippen LogP contribution >= 0.6 is 11.3 Å². The number of thiophene rings is 1. The van der Waals surface area contributed by atoms with Crippen molar-refractivity contribution in [2.75, 3.05) is 49.2 Å². The maximum atomic E-state index is 17.5. The van der Waals surface area contributed by atoms with Crippen LogP contribution in [0.2, 0.25) is 0 Å². The molecule has 20 heteroatoms. The van der Waals surface area contributed by atoms with E-state index in [0.717, 1.165) is 18.6 Å². The van der Waals surface area contributed by atoms with Gasteiger partial charge in [-0.1, -0.05) is 12.1 Å². The zero-order valence-corrected chi connectivity index (χ0v) is 30.4. The van der Waals surface area contributed by atoms with Crippen molar-refractivity contribution in [3.63, 3.8) is 0 Å². The number of hydrogen-bond acceptors (Lipinski definition) is 11. The van der Waals surface area contributed by atoms with Gasteiger partial charge in [0.15, 0.2) is 5.82 Å². The summed E-state index contributed by atoms with van der Waals surface area (Å²) in [5.41, 5.74) is 6.94. The molecule has 4 N–H and O–H groups in total. The monoisotopic (exact) mass is 822 g/mol. The predicted octanol–water partition coefficient (Wildman–Crippen LogP) is 8.48. The zero-order chi connectivity index (χ0) is 40.6. The van der Waals surface area contributed by atoms with Crippen molar-refractivity contribution >= 4 is 49.0 Å². The molecule has 0 saturated carbocycles. The highest BCUT2D eigenvalue weighted by Gasteiger charge is 2.50. The summed E-state index contributed by atoms with van der Waals surface area (Å²) >= 11 is 0.592. The molecular weight excluding hydrogens is 792 g/mol. The van der Waals surface area contributed by atoms with E-state index in [0.29, 0.717) is 24.3 Å². The van der Waals surface area contributed by atoms with Crippen LogP contribution in [-0.2, 0) is 6.18 Å². The molecule has 8 rings (SSSR count). The Labute approximate surface area is 321 Å². The summed E-state index contributed by atoms with van der Waals surface area (Å²) < 4.78 is 147. The first-order chi connectivity index (χ1) is 27.0. The standard InChI is InChI=1S/C37H31F9N8O2S/c38-17-13-35(7-2-10-53(35)15-17)16-56-34-51-28-25-29(55-12-11-54(33(25)52-34)22(6-8-36(41,42)43)18-3-1-9-50-31(18)48)26(37(44,45)46)24(27(28)40)19-4-5-21(39)30-23(19)20(14-47)32(49)57-30/h1,3-5,9,17,22H,2,6-8,10-13,15-16,49H2,(H2,48,50)/t17-,22-,35+/m1/s1. The van der Waals surface area contributed by atoms with Crippen LogP contribution in [0.25, 0.3) is 32.1 Å². The van der Waals surface area contributed by atoms with E-state index in [1.165, 1.54) is 23.2 Å². The molecule has 0 unspecified atom stereocenters. The van der Waals surface area contributed by atoms with Gasteiger partial charge in [0.05, 0.1) is 33.8 Å². The molecule has 5 aromatic rings. The van der Waals surface area contributed by atoms with Crippen molar-refractivity contribution in [3.8, 4) is 29.0 Å². The summed E-state index contributed by atoms with van der Waals surface area (Å²) in [4.78, 5) is 15.9. The van der Waals surface area contributed by atoms with Gasteiger partial charge < -0.3 is 25.8 Å². The highest BCUT2D eigenvalue weighted by Crippen LogP contribution is 2.54. The largest absolute Gasteiger partial charge is 0.490 e. The maximum Gasteiger partial charge on any atom is 0.420 e. The molecule has 2 saturated heterocycles. The lowest BCUT2D eigenvalue weighted by molar-refractivity contribution is -0.138. The van der Waals surface area contributed by atoms with Crippen LogP contribution in [0.3, 0.4) is 0 Å². The van der Waals surface area contributed by atoms with E-state index in [9.17, 15) is 22.8 Å². The molecule has 10 nitrogen and oxygen atoms in total. The molecule has 0 aliphatic carbocycles. The SMILES string of the molecule is N#Cc1c(N)sc2c(F)ccc(-c3c(C(F)(F)F)c4c5c(nc(OC[C@@]67CCCN6C[C@H](F)C7)nc5c3F)N([C@H](CCC(F)(F)F)c3cccnc3N)CCO4)c12. The molecular formula is C37H31F9N8O2S. The van der Waals surface area contributed by atoms with E-state index in [-0.39, 0.29) is 58.1 Å². The maximum absolute atomic E-state index is 17.5. The van der Waals surface area contributed by atoms with Gasteiger partial charge in [0.1, 0.15) is 64.7 Å². The van der Waals surface area contributed by atoms with Crippen molar-refractivity contribution in [2.45, 2.75) is 62.2 Å². The number of fused-ring (bicyclic) bond motifs is 2. The van der Waals surface area contributed by atoms with Gasteiger partial charge in [-0.2, -0.15) is 41.6 Å². The van der Waals surface area contributed by atoms with E-state index in [4.69, 9.17) is 20.9 Å². The second kappa shape index (κ2) is 14.0. The first-order valence-electron chi connectivity index (χ1n) is 17.7. The molecule has 6 heterocycles. The lowest BCUT2D eigenvalue weighted by Crippen LogP contribution is -2.43. The predicted molar refractivity (Wildman–Crippen MR) is 192 cm³/mol. The number of alkyl halides is 7. The van der Waals surface area contributed by atoms with Crippen LogP contribution in [0, 0.1) is 23.0 Å². The number of nitrogens with zero attached hydrogens (tertiary/aromatic N) is 6. The van der Waals surface area contributed by atoms with Gasteiger partial charge in [0.2, 0.25) is 0 Å². The minimum atomic E-state index is -5.39. The normalized spacial score (nSPS) is 20.4. The number of ether oxygens (including phenoxy) is 2. The zero-order valence-electron chi connectivity index (χ0n) is 29.6. The van der Waals surface area contributed by atoms with Crippen molar-refractivity contribution in [2.24, 2.45) is 0 Å². The molecule has 3 atom stereocenters. The second-order valence-corrected chi connectivity index (χ2v) is 15.3. The fraction of sp³-hybridized carbons (Fsp3) is 0.405. The van der Waals surface area contributed by atoms with Crippen molar-refractivity contribution in [1.29, 1.82) is 5.26 Å². The smallest absolute Gasteiger partial charge is 0.420 e. The van der Waals surface area contributed by atoms with Gasteiger partial charge >= 0.3 is 18.4 Å². The summed E-state index contributed by atoms with van der Waals surface area (Å²) in [6, 6.07) is 4.41. The number of nitriles is 1. The molecule has 0 radical (unpaired) electrons. The molecule has 0 bridgehead atoms. The fourth-order valence-corrected chi connectivity index (χ4v) is 9.46. The molecule has 0 spiro atoms. The summed E-state index contributed by atoms with van der Waals surface area (Å²) in [5.74, 6) is -4.09. The van der Waals surface area contributed by atoms with Crippen LogP contribution in [-0.4, -0.2) is 70.6 Å². The minimum Gasteiger partial charge on any atom is -0.490 e. The quantitative estimate of drug-likeness (QED) is 0.147. The molecule has 3 aliphatic rings. The molecule has 57 heavy (non-hydrogen) atoms. The summed E-state index contributed by atoms with van der Waals surface area (Å²) in [5, 5.41) is 8.70. The molecule has 300 valence electrons. The molecule has 2 aromatic carbocycles. The van der Waals surface area contributed by atoms with Crippen LogP contribution < -0.4 is 25.8 Å². The Kier molecular flexibility index (Phi) is 9.45. The van der Waals surface area contributed by atoms with E-state index in [1.54, 1.807) is 6.07 Å². The Morgan fingerprint density at radius 3 is 2.60 bits per heavy atom. The Morgan fingerprint density at radius 1 is 1.09 bits per heavy atom. The van der Waals surface area contributed by atoms with E-state index in [1.807, 2.05) is 4.90 Å².